The Kier molecular flexibility index (Phi) is 5.38. The first-order chi connectivity index (χ1) is 15.5. The van der Waals surface area contributed by atoms with Crippen molar-refractivity contribution in [3.8, 4) is 0 Å². The Morgan fingerprint density at radius 1 is 1.06 bits per heavy atom. The number of carbonyl (C=O) groups is 1. The Bertz CT molecular complexity index is 1160. The quantitative estimate of drug-likeness (QED) is 0.588. The van der Waals surface area contributed by atoms with Gasteiger partial charge in [0.2, 0.25) is 5.91 Å². The number of nitrogens with zero attached hydrogens (tertiary/aromatic N) is 1. The minimum atomic E-state index is -0.587. The second-order valence-electron chi connectivity index (χ2n) is 9.27. The molecule has 0 aromatic heterocycles. The lowest BCUT2D eigenvalue weighted by atomic mass is 9.89. The average Bonchev–Trinajstić information content (AvgIpc) is 3.63. The zero-order chi connectivity index (χ0) is 22.3. The molecule has 0 radical (unpaired) electrons. The summed E-state index contributed by atoms with van der Waals surface area (Å²) in [4.78, 5) is 15.9. The first-order valence-corrected chi connectivity index (χ1v) is 11.5. The fraction of sp³-hybridized carbons (Fsp3) is 0.370. The third kappa shape index (κ3) is 3.65. The number of aryl methyl sites for hydroxylation is 1. The van der Waals surface area contributed by atoms with Crippen LogP contribution in [0.3, 0.4) is 0 Å². The molecule has 2 fully saturated rings. The molecule has 166 valence electrons. The van der Waals surface area contributed by atoms with Gasteiger partial charge in [-0.1, -0.05) is 36.4 Å². The van der Waals surface area contributed by atoms with Crippen molar-refractivity contribution in [2.75, 3.05) is 30.4 Å². The zero-order valence-corrected chi connectivity index (χ0v) is 18.7. The highest BCUT2D eigenvalue weighted by Crippen LogP contribution is 2.51. The predicted molar refractivity (Wildman–Crippen MR) is 129 cm³/mol. The first kappa shape index (κ1) is 21.0. The van der Waals surface area contributed by atoms with Gasteiger partial charge in [-0.3, -0.25) is 4.79 Å². The van der Waals surface area contributed by atoms with Crippen LogP contribution in [0.25, 0.3) is 10.8 Å². The number of fused-ring (bicyclic) bond motifs is 1. The smallest absolute Gasteiger partial charge is 0.235 e. The van der Waals surface area contributed by atoms with Gasteiger partial charge in [0.25, 0.3) is 0 Å². The van der Waals surface area contributed by atoms with Gasteiger partial charge in [-0.05, 0) is 80.4 Å². The monoisotopic (exact) mass is 431 g/mol. The third-order valence-corrected chi connectivity index (χ3v) is 7.30. The zero-order valence-electron chi connectivity index (χ0n) is 18.7. The van der Waals surface area contributed by atoms with Crippen LogP contribution in [0.5, 0.6) is 0 Å². The highest BCUT2D eigenvalue weighted by molar-refractivity contribution is 6.05. The van der Waals surface area contributed by atoms with Crippen molar-refractivity contribution in [1.82, 2.24) is 5.32 Å². The number of rotatable bonds is 5. The van der Waals surface area contributed by atoms with Crippen molar-refractivity contribution in [3.05, 3.63) is 71.5 Å². The lowest BCUT2D eigenvalue weighted by molar-refractivity contribution is -0.118. The molecule has 1 heterocycles. The van der Waals surface area contributed by atoms with E-state index in [1.54, 1.807) is 12.1 Å². The Labute approximate surface area is 188 Å². The Morgan fingerprint density at radius 3 is 2.50 bits per heavy atom. The molecule has 1 amide bonds. The summed E-state index contributed by atoms with van der Waals surface area (Å²) in [6.45, 7) is 4.11. The number of carbonyl (C=O) groups excluding carboxylic acids is 1. The first-order valence-electron chi connectivity index (χ1n) is 11.5. The number of hydrogen-bond donors (Lipinski definition) is 2. The highest BCUT2D eigenvalue weighted by atomic mass is 19.1. The van der Waals surface area contributed by atoms with Gasteiger partial charge in [0.1, 0.15) is 5.82 Å². The van der Waals surface area contributed by atoms with Gasteiger partial charge in [-0.15, -0.1) is 0 Å². The Hall–Kier alpha value is -2.92. The van der Waals surface area contributed by atoms with Crippen molar-refractivity contribution in [1.29, 1.82) is 0 Å². The summed E-state index contributed by atoms with van der Waals surface area (Å²) in [5.41, 5.74) is 3.35. The molecular weight excluding hydrogens is 401 g/mol. The van der Waals surface area contributed by atoms with Gasteiger partial charge in [0.05, 0.1) is 5.41 Å². The van der Waals surface area contributed by atoms with Crippen LogP contribution in [0.4, 0.5) is 15.8 Å². The fourth-order valence-electron chi connectivity index (χ4n) is 5.03. The molecule has 5 rings (SSSR count). The molecule has 1 aliphatic carbocycles. The van der Waals surface area contributed by atoms with E-state index >= 15 is 0 Å². The van der Waals surface area contributed by atoms with E-state index in [9.17, 15) is 9.18 Å². The van der Waals surface area contributed by atoms with Crippen molar-refractivity contribution in [2.24, 2.45) is 0 Å². The van der Waals surface area contributed by atoms with Crippen LogP contribution in [0.2, 0.25) is 0 Å². The van der Waals surface area contributed by atoms with Gasteiger partial charge in [0, 0.05) is 29.9 Å². The standard InChI is InChI=1S/C27H30FN3O/c1-18-7-8-20(31(2)19-11-15-29-16-12-19)17-25(18)30-26(32)27(13-14-27)23-9-10-24(28)22-6-4-3-5-21(22)23/h3-10,17,19,29H,11-16H2,1-2H3,(H,30,32). The largest absolute Gasteiger partial charge is 0.371 e. The van der Waals surface area contributed by atoms with Gasteiger partial charge < -0.3 is 15.5 Å². The van der Waals surface area contributed by atoms with Gasteiger partial charge in [-0.25, -0.2) is 4.39 Å². The van der Waals surface area contributed by atoms with Crippen LogP contribution in [0, 0.1) is 12.7 Å². The molecule has 4 nitrogen and oxygen atoms in total. The summed E-state index contributed by atoms with van der Waals surface area (Å²) >= 11 is 0. The van der Waals surface area contributed by atoms with Crippen LogP contribution in [-0.2, 0) is 10.2 Å². The van der Waals surface area contributed by atoms with E-state index < -0.39 is 5.41 Å². The van der Waals surface area contributed by atoms with E-state index in [1.165, 1.54) is 6.07 Å². The maximum atomic E-state index is 14.3. The summed E-state index contributed by atoms with van der Waals surface area (Å²) in [5, 5.41) is 8.04. The molecule has 0 spiro atoms. The Balaban J connectivity index is 1.42. The number of benzene rings is 3. The molecule has 0 bridgehead atoms. The van der Waals surface area contributed by atoms with Crippen LogP contribution < -0.4 is 15.5 Å². The summed E-state index contributed by atoms with van der Waals surface area (Å²) < 4.78 is 14.3. The van der Waals surface area contributed by atoms with Gasteiger partial charge >= 0.3 is 0 Å². The number of amides is 1. The molecule has 1 saturated heterocycles. The molecule has 0 atom stereocenters. The van der Waals surface area contributed by atoms with Crippen molar-refractivity contribution in [2.45, 2.75) is 44.1 Å². The van der Waals surface area contributed by atoms with E-state index in [2.05, 4.69) is 40.8 Å². The SMILES string of the molecule is Cc1ccc(N(C)C2CCNCC2)cc1NC(=O)C1(c2ccc(F)c3ccccc23)CC1. The van der Waals surface area contributed by atoms with Crippen molar-refractivity contribution < 1.29 is 9.18 Å². The van der Waals surface area contributed by atoms with Gasteiger partial charge in [-0.2, -0.15) is 0 Å². The third-order valence-electron chi connectivity index (χ3n) is 7.30. The summed E-state index contributed by atoms with van der Waals surface area (Å²) in [6.07, 6.45) is 3.80. The minimum absolute atomic E-state index is 0.000898. The topological polar surface area (TPSA) is 44.4 Å². The maximum absolute atomic E-state index is 14.3. The highest BCUT2D eigenvalue weighted by Gasteiger charge is 2.52. The summed E-state index contributed by atoms with van der Waals surface area (Å²) in [7, 11) is 2.14. The van der Waals surface area contributed by atoms with E-state index in [4.69, 9.17) is 0 Å². The summed E-state index contributed by atoms with van der Waals surface area (Å²) in [6, 6.07) is 17.5. The molecule has 3 aromatic carbocycles. The number of hydrogen-bond acceptors (Lipinski definition) is 3. The fourth-order valence-corrected chi connectivity index (χ4v) is 5.03. The summed E-state index contributed by atoms with van der Waals surface area (Å²) in [5.74, 6) is -0.246. The number of halogens is 1. The van der Waals surface area contributed by atoms with Crippen molar-refractivity contribution >= 4 is 28.1 Å². The molecule has 2 N–H and O–H groups in total. The molecule has 1 aliphatic heterocycles. The normalized spacial score (nSPS) is 17.8. The van der Waals surface area contributed by atoms with E-state index in [0.29, 0.717) is 11.4 Å². The van der Waals surface area contributed by atoms with E-state index in [0.717, 1.165) is 66.7 Å². The maximum Gasteiger partial charge on any atom is 0.235 e. The van der Waals surface area contributed by atoms with Crippen molar-refractivity contribution in [3.63, 3.8) is 0 Å². The molecule has 2 aliphatic rings. The lowest BCUT2D eigenvalue weighted by Gasteiger charge is -2.33. The molecule has 5 heteroatoms. The molecule has 32 heavy (non-hydrogen) atoms. The molecule has 3 aromatic rings. The average molecular weight is 432 g/mol. The number of nitrogens with one attached hydrogen (secondary N) is 2. The molecule has 1 saturated carbocycles. The molecule has 0 unspecified atom stereocenters. The molecular formula is C27H30FN3O. The lowest BCUT2D eigenvalue weighted by Crippen LogP contribution is -2.41. The van der Waals surface area contributed by atoms with E-state index in [-0.39, 0.29) is 11.7 Å². The second kappa shape index (κ2) is 8.21. The van der Waals surface area contributed by atoms with Crippen LogP contribution >= 0.6 is 0 Å². The van der Waals surface area contributed by atoms with Gasteiger partial charge in [0.15, 0.2) is 0 Å². The predicted octanol–water partition coefficient (Wildman–Crippen LogP) is 5.15. The number of anilines is 2. The minimum Gasteiger partial charge on any atom is -0.371 e. The number of piperidine rings is 1. The Morgan fingerprint density at radius 2 is 1.78 bits per heavy atom. The second-order valence-corrected chi connectivity index (χ2v) is 9.27. The van der Waals surface area contributed by atoms with E-state index in [1.807, 2.05) is 25.1 Å². The van der Waals surface area contributed by atoms with Crippen LogP contribution in [0.15, 0.2) is 54.6 Å². The van der Waals surface area contributed by atoms with Crippen LogP contribution in [0.1, 0.15) is 36.8 Å². The van der Waals surface area contributed by atoms with Crippen LogP contribution in [-0.4, -0.2) is 32.1 Å².